The van der Waals surface area contributed by atoms with E-state index in [1.807, 2.05) is 50.4 Å². The van der Waals surface area contributed by atoms with Gasteiger partial charge in [0.15, 0.2) is 0 Å². The molecule has 0 fully saturated rings. The number of halogens is 1. The first-order valence-corrected chi connectivity index (χ1v) is 8.12. The first-order chi connectivity index (χ1) is 12.0. The molecule has 3 nitrogen and oxygen atoms in total. The molecule has 0 aliphatic carbocycles. The predicted octanol–water partition coefficient (Wildman–Crippen LogP) is 4.69. The summed E-state index contributed by atoms with van der Waals surface area (Å²) >= 11 is 0. The summed E-state index contributed by atoms with van der Waals surface area (Å²) in [4.78, 5) is 16.5. The lowest BCUT2D eigenvalue weighted by Crippen LogP contribution is -2.26. The number of nitrogens with one attached hydrogen (secondary N) is 1. The zero-order valence-electron chi connectivity index (χ0n) is 14.2. The van der Waals surface area contributed by atoms with E-state index in [1.54, 1.807) is 18.3 Å². The van der Waals surface area contributed by atoms with Crippen LogP contribution in [0.5, 0.6) is 0 Å². The maximum Gasteiger partial charge on any atom is 0.251 e. The molecule has 3 rings (SSSR count). The van der Waals surface area contributed by atoms with Crippen LogP contribution < -0.4 is 5.32 Å². The van der Waals surface area contributed by atoms with Crippen LogP contribution >= 0.6 is 0 Å². The number of amides is 1. The molecule has 0 saturated carbocycles. The van der Waals surface area contributed by atoms with Gasteiger partial charge in [-0.15, -0.1) is 0 Å². The largest absolute Gasteiger partial charge is 0.346 e. The molecule has 25 heavy (non-hydrogen) atoms. The molecule has 1 aromatic heterocycles. The summed E-state index contributed by atoms with van der Waals surface area (Å²) in [6.07, 6.45) is 3.58. The van der Waals surface area contributed by atoms with E-state index in [9.17, 15) is 9.18 Å². The summed E-state index contributed by atoms with van der Waals surface area (Å²) < 4.78 is 13.0. The highest BCUT2D eigenvalue weighted by Gasteiger charge is 2.12. The lowest BCUT2D eigenvalue weighted by atomic mass is 10.0. The lowest BCUT2D eigenvalue weighted by molar-refractivity contribution is 0.0940. The minimum Gasteiger partial charge on any atom is -0.346 e. The van der Waals surface area contributed by atoms with Crippen molar-refractivity contribution in [3.8, 4) is 11.1 Å². The van der Waals surface area contributed by atoms with E-state index in [0.717, 1.165) is 22.3 Å². The minimum atomic E-state index is -0.288. The zero-order chi connectivity index (χ0) is 17.8. The molecule has 1 unspecified atom stereocenters. The maximum absolute atomic E-state index is 13.0. The van der Waals surface area contributed by atoms with Gasteiger partial charge in [-0.25, -0.2) is 4.39 Å². The van der Waals surface area contributed by atoms with Crippen molar-refractivity contribution in [2.24, 2.45) is 0 Å². The van der Waals surface area contributed by atoms with Gasteiger partial charge in [0.25, 0.3) is 5.91 Å². The number of aryl methyl sites for hydroxylation is 1. The van der Waals surface area contributed by atoms with Gasteiger partial charge in [-0.05, 0) is 66.4 Å². The third-order valence-electron chi connectivity index (χ3n) is 4.20. The average Bonchev–Trinajstić information content (AvgIpc) is 2.63. The van der Waals surface area contributed by atoms with Gasteiger partial charge in [0.05, 0.1) is 6.04 Å². The molecule has 0 aliphatic rings. The Morgan fingerprint density at radius 3 is 2.36 bits per heavy atom. The van der Waals surface area contributed by atoms with Gasteiger partial charge in [-0.1, -0.05) is 24.3 Å². The van der Waals surface area contributed by atoms with Crippen molar-refractivity contribution in [3.63, 3.8) is 0 Å². The number of hydrogen-bond donors (Lipinski definition) is 1. The summed E-state index contributed by atoms with van der Waals surface area (Å²) in [5.74, 6) is -0.445. The molecule has 1 N–H and O–H groups in total. The van der Waals surface area contributed by atoms with Crippen molar-refractivity contribution in [3.05, 3.63) is 89.5 Å². The van der Waals surface area contributed by atoms with Crippen LogP contribution in [0, 0.1) is 12.7 Å². The Hall–Kier alpha value is -3.01. The van der Waals surface area contributed by atoms with Crippen molar-refractivity contribution >= 4 is 5.91 Å². The SMILES string of the molecule is Cc1cnccc1-c1ccc(C(=O)NC(C)c2ccc(F)cc2)cc1. The topological polar surface area (TPSA) is 42.0 Å². The number of rotatable bonds is 4. The number of hydrogen-bond acceptors (Lipinski definition) is 2. The van der Waals surface area contributed by atoms with E-state index >= 15 is 0 Å². The number of carbonyl (C=O) groups excluding carboxylic acids is 1. The third-order valence-corrected chi connectivity index (χ3v) is 4.20. The van der Waals surface area contributed by atoms with E-state index in [-0.39, 0.29) is 17.8 Å². The Morgan fingerprint density at radius 2 is 1.72 bits per heavy atom. The molecule has 0 spiro atoms. The summed E-state index contributed by atoms with van der Waals surface area (Å²) in [5.41, 5.74) is 4.68. The summed E-state index contributed by atoms with van der Waals surface area (Å²) in [6, 6.07) is 15.4. The maximum atomic E-state index is 13.0. The first kappa shape index (κ1) is 16.8. The van der Waals surface area contributed by atoms with Gasteiger partial charge in [0.2, 0.25) is 0 Å². The van der Waals surface area contributed by atoms with Gasteiger partial charge >= 0.3 is 0 Å². The number of carbonyl (C=O) groups is 1. The van der Waals surface area contributed by atoms with Crippen LogP contribution in [0.25, 0.3) is 11.1 Å². The Labute approximate surface area is 146 Å². The third kappa shape index (κ3) is 3.91. The Balaban J connectivity index is 1.72. The van der Waals surface area contributed by atoms with Crippen LogP contribution in [0.15, 0.2) is 67.0 Å². The summed E-state index contributed by atoms with van der Waals surface area (Å²) in [5, 5.41) is 2.93. The van der Waals surface area contributed by atoms with Crippen molar-refractivity contribution < 1.29 is 9.18 Å². The van der Waals surface area contributed by atoms with Gasteiger partial charge in [0, 0.05) is 18.0 Å². The molecule has 1 heterocycles. The number of aromatic nitrogens is 1. The van der Waals surface area contributed by atoms with Crippen molar-refractivity contribution in [1.29, 1.82) is 0 Å². The van der Waals surface area contributed by atoms with Crippen LogP contribution in [-0.2, 0) is 0 Å². The Bertz CT molecular complexity index is 873. The number of nitrogens with zero attached hydrogens (tertiary/aromatic N) is 1. The normalized spacial score (nSPS) is 11.8. The molecular weight excluding hydrogens is 315 g/mol. The Kier molecular flexibility index (Phi) is 4.89. The molecule has 0 bridgehead atoms. The molecule has 0 saturated heterocycles. The second kappa shape index (κ2) is 7.26. The molecule has 0 radical (unpaired) electrons. The van der Waals surface area contributed by atoms with E-state index in [1.165, 1.54) is 12.1 Å². The molecule has 4 heteroatoms. The fraction of sp³-hybridized carbons (Fsp3) is 0.143. The van der Waals surface area contributed by atoms with Crippen molar-refractivity contribution in [1.82, 2.24) is 10.3 Å². The lowest BCUT2D eigenvalue weighted by Gasteiger charge is -2.14. The summed E-state index contributed by atoms with van der Waals surface area (Å²) in [7, 11) is 0. The summed E-state index contributed by atoms with van der Waals surface area (Å²) in [6.45, 7) is 3.88. The minimum absolute atomic E-state index is 0.158. The molecular formula is C21H19FN2O. The second-order valence-corrected chi connectivity index (χ2v) is 6.01. The van der Waals surface area contributed by atoms with Gasteiger partial charge in [0.1, 0.15) is 5.82 Å². The highest BCUT2D eigenvalue weighted by atomic mass is 19.1. The highest BCUT2D eigenvalue weighted by molar-refractivity contribution is 5.95. The van der Waals surface area contributed by atoms with Gasteiger partial charge < -0.3 is 5.32 Å². The average molecular weight is 334 g/mol. The first-order valence-electron chi connectivity index (χ1n) is 8.12. The standard InChI is InChI=1S/C21H19FN2O/c1-14-13-23-12-11-20(14)17-3-5-18(6-4-17)21(25)24-15(2)16-7-9-19(22)10-8-16/h3-13,15H,1-2H3,(H,24,25). The quantitative estimate of drug-likeness (QED) is 0.752. The fourth-order valence-electron chi connectivity index (χ4n) is 2.71. The van der Waals surface area contributed by atoms with Crippen LogP contribution in [0.2, 0.25) is 0 Å². The molecule has 1 atom stereocenters. The second-order valence-electron chi connectivity index (χ2n) is 6.01. The highest BCUT2D eigenvalue weighted by Crippen LogP contribution is 2.23. The molecule has 126 valence electrons. The molecule has 2 aromatic carbocycles. The van der Waals surface area contributed by atoms with Crippen molar-refractivity contribution in [2.45, 2.75) is 19.9 Å². The number of benzene rings is 2. The monoisotopic (exact) mass is 334 g/mol. The van der Waals surface area contributed by atoms with Crippen molar-refractivity contribution in [2.75, 3.05) is 0 Å². The van der Waals surface area contributed by atoms with E-state index < -0.39 is 0 Å². The fourth-order valence-corrected chi connectivity index (χ4v) is 2.71. The van der Waals surface area contributed by atoms with Crippen LogP contribution in [0.3, 0.4) is 0 Å². The van der Waals surface area contributed by atoms with Gasteiger partial charge in [-0.3, -0.25) is 9.78 Å². The predicted molar refractivity (Wildman–Crippen MR) is 96.7 cm³/mol. The van der Waals surface area contributed by atoms with Crippen LogP contribution in [0.4, 0.5) is 4.39 Å². The molecule has 3 aromatic rings. The number of pyridine rings is 1. The molecule has 1 amide bonds. The molecule has 0 aliphatic heterocycles. The van der Waals surface area contributed by atoms with E-state index in [0.29, 0.717) is 5.56 Å². The zero-order valence-corrected chi connectivity index (χ0v) is 14.2. The van der Waals surface area contributed by atoms with E-state index in [2.05, 4.69) is 10.3 Å². The smallest absolute Gasteiger partial charge is 0.251 e. The Morgan fingerprint density at radius 1 is 1.04 bits per heavy atom. The van der Waals surface area contributed by atoms with Gasteiger partial charge in [-0.2, -0.15) is 0 Å². The van der Waals surface area contributed by atoms with Crippen LogP contribution in [0.1, 0.15) is 34.5 Å². The van der Waals surface area contributed by atoms with Crippen LogP contribution in [-0.4, -0.2) is 10.9 Å². The van der Waals surface area contributed by atoms with E-state index in [4.69, 9.17) is 0 Å².